The maximum Gasteiger partial charge on any atom is 0.435 e. The van der Waals surface area contributed by atoms with Gasteiger partial charge in [-0.05, 0) is 25.0 Å². The summed E-state index contributed by atoms with van der Waals surface area (Å²) in [6.45, 7) is 0.455. The molecule has 2 heterocycles. The molecule has 0 radical (unpaired) electrons. The summed E-state index contributed by atoms with van der Waals surface area (Å²) >= 11 is 0. The molecule has 1 aliphatic rings. The molecule has 1 fully saturated rings. The molecule has 20 heavy (non-hydrogen) atoms. The van der Waals surface area contributed by atoms with Gasteiger partial charge >= 0.3 is 12.1 Å². The smallest absolute Gasteiger partial charge is 0.435 e. The molecule has 5 nitrogen and oxygen atoms in total. The van der Waals surface area contributed by atoms with Gasteiger partial charge < -0.3 is 10.0 Å². The number of alkyl halides is 3. The Bertz CT molecular complexity index is 476. The third kappa shape index (κ3) is 3.17. The molecule has 1 unspecified atom stereocenters. The fraction of sp³-hybridized carbons (Fsp3) is 0.583. The van der Waals surface area contributed by atoms with Crippen LogP contribution in [0.25, 0.3) is 0 Å². The van der Waals surface area contributed by atoms with E-state index in [0.29, 0.717) is 13.0 Å². The van der Waals surface area contributed by atoms with E-state index in [1.807, 2.05) is 0 Å². The Balaban J connectivity index is 2.25. The molecular weight excluding hydrogens is 275 g/mol. The van der Waals surface area contributed by atoms with Crippen LogP contribution in [0.1, 0.15) is 31.4 Å². The maximum absolute atomic E-state index is 12.4. The number of carboxylic acids is 1. The van der Waals surface area contributed by atoms with E-state index in [1.165, 1.54) is 11.0 Å². The van der Waals surface area contributed by atoms with E-state index in [2.05, 4.69) is 10.2 Å². The molecule has 8 heteroatoms. The number of aliphatic carboxylic acids is 1. The second-order valence-electron chi connectivity index (χ2n) is 4.67. The SMILES string of the molecule is O=C(O)C1CCCCCN1c1ccc(C(F)(F)F)nn1. The molecule has 1 aromatic heterocycles. The van der Waals surface area contributed by atoms with Gasteiger partial charge in [-0.3, -0.25) is 0 Å². The summed E-state index contributed by atoms with van der Waals surface area (Å²) in [5.41, 5.74) is -1.08. The van der Waals surface area contributed by atoms with Crippen molar-refractivity contribution in [2.45, 2.75) is 37.9 Å². The van der Waals surface area contributed by atoms with Gasteiger partial charge in [0.2, 0.25) is 0 Å². The first-order valence-electron chi connectivity index (χ1n) is 6.30. The van der Waals surface area contributed by atoms with Crippen molar-refractivity contribution in [2.75, 3.05) is 11.4 Å². The predicted molar refractivity (Wildman–Crippen MR) is 64.3 cm³/mol. The molecular formula is C12H14F3N3O2. The lowest BCUT2D eigenvalue weighted by molar-refractivity contribution is -0.142. The lowest BCUT2D eigenvalue weighted by Crippen LogP contribution is -2.41. The minimum atomic E-state index is -4.55. The number of anilines is 1. The molecule has 1 saturated heterocycles. The summed E-state index contributed by atoms with van der Waals surface area (Å²) in [5.74, 6) is -0.819. The summed E-state index contributed by atoms with van der Waals surface area (Å²) < 4.78 is 37.3. The van der Waals surface area contributed by atoms with Crippen molar-refractivity contribution in [3.63, 3.8) is 0 Å². The van der Waals surface area contributed by atoms with Crippen LogP contribution in [0.5, 0.6) is 0 Å². The van der Waals surface area contributed by atoms with E-state index in [9.17, 15) is 23.1 Å². The summed E-state index contributed by atoms with van der Waals surface area (Å²) in [7, 11) is 0. The lowest BCUT2D eigenvalue weighted by atomic mass is 10.1. The quantitative estimate of drug-likeness (QED) is 0.905. The van der Waals surface area contributed by atoms with Crippen molar-refractivity contribution in [3.05, 3.63) is 17.8 Å². The first kappa shape index (κ1) is 14.5. The van der Waals surface area contributed by atoms with E-state index in [1.54, 1.807) is 0 Å². The van der Waals surface area contributed by atoms with Crippen LogP contribution in [0.4, 0.5) is 19.0 Å². The van der Waals surface area contributed by atoms with Gasteiger partial charge in [0.25, 0.3) is 0 Å². The number of hydrogen-bond donors (Lipinski definition) is 1. The van der Waals surface area contributed by atoms with E-state index in [-0.39, 0.29) is 5.82 Å². The van der Waals surface area contributed by atoms with Crippen LogP contribution >= 0.6 is 0 Å². The van der Waals surface area contributed by atoms with E-state index in [4.69, 9.17) is 0 Å². The minimum Gasteiger partial charge on any atom is -0.480 e. The molecule has 2 rings (SSSR count). The van der Waals surface area contributed by atoms with Crippen LogP contribution in [0.2, 0.25) is 0 Å². The zero-order valence-corrected chi connectivity index (χ0v) is 10.6. The number of carboxylic acid groups (broad SMARTS) is 1. The van der Waals surface area contributed by atoms with E-state index in [0.717, 1.165) is 25.3 Å². The number of rotatable bonds is 2. The molecule has 0 saturated carbocycles. The lowest BCUT2D eigenvalue weighted by Gasteiger charge is -2.27. The Hall–Kier alpha value is -1.86. The molecule has 110 valence electrons. The third-order valence-electron chi connectivity index (χ3n) is 3.27. The Kier molecular flexibility index (Phi) is 4.10. The van der Waals surface area contributed by atoms with Gasteiger partial charge in [0.05, 0.1) is 0 Å². The second-order valence-corrected chi connectivity index (χ2v) is 4.67. The summed E-state index contributed by atoms with van der Waals surface area (Å²) in [5, 5.41) is 15.9. The molecule has 0 amide bonds. The average Bonchev–Trinajstić information content (AvgIpc) is 2.63. The van der Waals surface area contributed by atoms with Gasteiger partial charge in [-0.2, -0.15) is 13.2 Å². The molecule has 1 atom stereocenters. The van der Waals surface area contributed by atoms with Crippen LogP contribution in [0, 0.1) is 0 Å². The highest BCUT2D eigenvalue weighted by atomic mass is 19.4. The van der Waals surface area contributed by atoms with Crippen molar-refractivity contribution in [1.29, 1.82) is 0 Å². The second kappa shape index (κ2) is 5.64. The number of halogens is 3. The molecule has 0 bridgehead atoms. The zero-order valence-electron chi connectivity index (χ0n) is 10.6. The standard InChI is InChI=1S/C12H14F3N3O2/c13-12(14,15)9-5-6-10(17-16-9)18-7-3-1-2-4-8(18)11(19)20/h5-6,8H,1-4,7H2,(H,19,20). The first-order valence-corrected chi connectivity index (χ1v) is 6.30. The van der Waals surface area contributed by atoms with Crippen LogP contribution in [-0.4, -0.2) is 33.9 Å². The summed E-state index contributed by atoms with van der Waals surface area (Å²) in [6.07, 6.45) is -1.63. The Morgan fingerprint density at radius 2 is 2.00 bits per heavy atom. The predicted octanol–water partition coefficient (Wildman–Crippen LogP) is 2.33. The minimum absolute atomic E-state index is 0.173. The Morgan fingerprint density at radius 3 is 2.55 bits per heavy atom. The van der Waals surface area contributed by atoms with Gasteiger partial charge in [-0.15, -0.1) is 10.2 Å². The maximum atomic E-state index is 12.4. The molecule has 1 N–H and O–H groups in total. The van der Waals surface area contributed by atoms with E-state index < -0.39 is 23.9 Å². The summed E-state index contributed by atoms with van der Waals surface area (Å²) in [4.78, 5) is 12.8. The Labute approximate surface area is 113 Å². The number of aromatic nitrogens is 2. The van der Waals surface area contributed by atoms with Gasteiger partial charge in [-0.25, -0.2) is 4.79 Å². The zero-order chi connectivity index (χ0) is 14.8. The highest BCUT2D eigenvalue weighted by Gasteiger charge is 2.34. The fourth-order valence-electron chi connectivity index (χ4n) is 2.27. The molecule has 0 aliphatic carbocycles. The fourth-order valence-corrected chi connectivity index (χ4v) is 2.27. The van der Waals surface area contributed by atoms with Gasteiger partial charge in [0.1, 0.15) is 6.04 Å². The number of nitrogens with zero attached hydrogens (tertiary/aromatic N) is 3. The first-order chi connectivity index (χ1) is 9.39. The van der Waals surface area contributed by atoms with Gasteiger partial charge in [0.15, 0.2) is 11.5 Å². The molecule has 1 aliphatic heterocycles. The van der Waals surface area contributed by atoms with E-state index >= 15 is 0 Å². The largest absolute Gasteiger partial charge is 0.480 e. The van der Waals surface area contributed by atoms with Gasteiger partial charge in [-0.1, -0.05) is 12.8 Å². The topological polar surface area (TPSA) is 66.3 Å². The number of carbonyl (C=O) groups is 1. The molecule has 1 aromatic rings. The monoisotopic (exact) mass is 289 g/mol. The van der Waals surface area contributed by atoms with Crippen LogP contribution in [0.15, 0.2) is 12.1 Å². The highest BCUT2D eigenvalue weighted by Crippen LogP contribution is 2.28. The van der Waals surface area contributed by atoms with Crippen molar-refractivity contribution < 1.29 is 23.1 Å². The summed E-state index contributed by atoms with van der Waals surface area (Å²) in [6, 6.07) is 1.24. The Morgan fingerprint density at radius 1 is 1.25 bits per heavy atom. The third-order valence-corrected chi connectivity index (χ3v) is 3.27. The van der Waals surface area contributed by atoms with Crippen LogP contribution in [0.3, 0.4) is 0 Å². The molecule has 0 aromatic carbocycles. The normalized spacial score (nSPS) is 20.6. The van der Waals surface area contributed by atoms with Gasteiger partial charge in [0, 0.05) is 6.54 Å². The van der Waals surface area contributed by atoms with Crippen molar-refractivity contribution in [2.24, 2.45) is 0 Å². The van der Waals surface area contributed by atoms with Crippen LogP contribution < -0.4 is 4.90 Å². The van der Waals surface area contributed by atoms with Crippen molar-refractivity contribution >= 4 is 11.8 Å². The number of hydrogen-bond acceptors (Lipinski definition) is 4. The van der Waals surface area contributed by atoms with Crippen LogP contribution in [-0.2, 0) is 11.0 Å². The van der Waals surface area contributed by atoms with Crippen molar-refractivity contribution in [3.8, 4) is 0 Å². The highest BCUT2D eigenvalue weighted by molar-refractivity contribution is 5.77. The van der Waals surface area contributed by atoms with Crippen molar-refractivity contribution in [1.82, 2.24) is 10.2 Å². The average molecular weight is 289 g/mol. The molecule has 0 spiro atoms.